The number of piperidine rings is 1. The van der Waals surface area contributed by atoms with E-state index in [4.69, 9.17) is 9.47 Å². The fraction of sp³-hybridized carbons (Fsp3) is 0.395. The van der Waals surface area contributed by atoms with Crippen LogP contribution in [-0.2, 0) is 19.1 Å². The molecule has 1 atom stereocenters. The Morgan fingerprint density at radius 2 is 1.63 bits per heavy atom. The Hall–Kier alpha value is -5.32. The fourth-order valence-corrected chi connectivity index (χ4v) is 8.79. The number of piperazine rings is 1. The summed E-state index contributed by atoms with van der Waals surface area (Å²) >= 11 is 1.38. The molecule has 5 aliphatic rings. The average Bonchev–Trinajstić information content (AvgIpc) is 3.38. The van der Waals surface area contributed by atoms with Crippen molar-refractivity contribution in [3.63, 3.8) is 0 Å². The number of non-ortho nitro benzene ring substituents is 1. The summed E-state index contributed by atoms with van der Waals surface area (Å²) in [6.45, 7) is 6.23. The van der Waals surface area contributed by atoms with Gasteiger partial charge in [-0.2, -0.15) is 0 Å². The van der Waals surface area contributed by atoms with Gasteiger partial charge in [-0.15, -0.1) is 0 Å². The van der Waals surface area contributed by atoms with E-state index in [1.807, 2.05) is 24.3 Å². The molecule has 8 rings (SSSR count). The van der Waals surface area contributed by atoms with Crippen LogP contribution in [0, 0.1) is 10.1 Å². The number of carbonyl (C=O) groups is 5. The number of anilines is 3. The zero-order valence-electron chi connectivity index (χ0n) is 29.5. The minimum absolute atomic E-state index is 0.0140. The lowest BCUT2D eigenvalue weighted by molar-refractivity contribution is -0.385. The minimum Gasteiger partial charge on any atom is -0.490 e. The zero-order chi connectivity index (χ0) is 37.7. The number of nitrogens with zero attached hydrogens (tertiary/aromatic N) is 5. The Morgan fingerprint density at radius 3 is 2.35 bits per heavy atom. The summed E-state index contributed by atoms with van der Waals surface area (Å²) in [5, 5.41) is 13.6. The molecule has 16 heteroatoms. The number of fused-ring (bicyclic) bond motifs is 3. The zero-order valence-corrected chi connectivity index (χ0v) is 30.3. The summed E-state index contributed by atoms with van der Waals surface area (Å²) < 4.78 is 12.4. The Labute approximate surface area is 314 Å². The van der Waals surface area contributed by atoms with Crippen molar-refractivity contribution in [1.29, 1.82) is 0 Å². The van der Waals surface area contributed by atoms with Gasteiger partial charge >= 0.3 is 0 Å². The number of hydrogen-bond acceptors (Lipinski definition) is 12. The maximum absolute atomic E-state index is 13.2. The van der Waals surface area contributed by atoms with Gasteiger partial charge in [0, 0.05) is 93.1 Å². The lowest BCUT2D eigenvalue weighted by Crippen LogP contribution is -2.54. The van der Waals surface area contributed by atoms with Crippen molar-refractivity contribution < 1.29 is 38.4 Å². The number of rotatable bonds is 10. The second-order valence-electron chi connectivity index (χ2n) is 14.1. The molecular formula is C38H38N6O9S. The van der Waals surface area contributed by atoms with E-state index in [1.54, 1.807) is 23.1 Å². The van der Waals surface area contributed by atoms with Crippen LogP contribution in [0.1, 0.15) is 59.7 Å². The molecule has 3 fully saturated rings. The van der Waals surface area contributed by atoms with Crippen molar-refractivity contribution >= 4 is 64.0 Å². The Bertz CT molecular complexity index is 2080. The van der Waals surface area contributed by atoms with Crippen LogP contribution in [0.3, 0.4) is 0 Å². The van der Waals surface area contributed by atoms with Crippen molar-refractivity contribution in [3.05, 3.63) is 75.8 Å². The normalized spacial score (nSPS) is 22.3. The Kier molecular flexibility index (Phi) is 9.58. The van der Waals surface area contributed by atoms with Gasteiger partial charge in [-0.1, -0.05) is 11.8 Å². The molecule has 3 aromatic rings. The summed E-state index contributed by atoms with van der Waals surface area (Å²) in [6.07, 6.45) is 2.79. The maximum atomic E-state index is 13.2. The average molecular weight is 755 g/mol. The lowest BCUT2D eigenvalue weighted by Gasteiger charge is -2.37. The molecule has 1 unspecified atom stereocenters. The lowest BCUT2D eigenvalue weighted by atomic mass is 9.92. The van der Waals surface area contributed by atoms with Gasteiger partial charge in [0.2, 0.25) is 17.7 Å². The summed E-state index contributed by atoms with van der Waals surface area (Å²) in [5.74, 6) is -1.54. The first kappa shape index (κ1) is 35.7. The fourth-order valence-electron chi connectivity index (χ4n) is 7.67. The molecule has 4 aliphatic heterocycles. The van der Waals surface area contributed by atoms with E-state index in [2.05, 4.69) is 15.1 Å². The van der Waals surface area contributed by atoms with E-state index in [1.165, 1.54) is 30.8 Å². The molecule has 280 valence electrons. The summed E-state index contributed by atoms with van der Waals surface area (Å²) in [5.41, 5.74) is 2.73. The highest BCUT2D eigenvalue weighted by molar-refractivity contribution is 7.99. The highest BCUT2D eigenvalue weighted by Crippen LogP contribution is 2.50. The first-order valence-electron chi connectivity index (χ1n) is 18.1. The van der Waals surface area contributed by atoms with Crippen molar-refractivity contribution in [2.75, 3.05) is 49.1 Å². The second kappa shape index (κ2) is 14.5. The molecule has 3 aromatic carbocycles. The van der Waals surface area contributed by atoms with Crippen LogP contribution in [0.5, 0.6) is 5.75 Å². The van der Waals surface area contributed by atoms with Gasteiger partial charge in [-0.05, 0) is 55.3 Å². The molecule has 1 aliphatic carbocycles. The molecule has 1 saturated carbocycles. The SMILES string of the molecule is CC(=O)N1c2ccc(O[C@H]3C[C@H](OCCCN4CCN(c5ccc6c(c5)C(=O)N(C5CCC(=O)NC5=O)C6=O)CC4)C3)cc2Sc2cc([N+](=O)[O-])ccc21. The quantitative estimate of drug-likeness (QED) is 0.135. The monoisotopic (exact) mass is 754 g/mol. The van der Waals surface area contributed by atoms with E-state index in [-0.39, 0.29) is 47.8 Å². The largest absolute Gasteiger partial charge is 0.490 e. The first-order valence-corrected chi connectivity index (χ1v) is 18.9. The van der Waals surface area contributed by atoms with E-state index < -0.39 is 34.6 Å². The van der Waals surface area contributed by atoms with Crippen molar-refractivity contribution in [3.8, 4) is 5.75 Å². The Balaban J connectivity index is 0.764. The van der Waals surface area contributed by atoms with E-state index in [9.17, 15) is 34.1 Å². The van der Waals surface area contributed by atoms with E-state index >= 15 is 0 Å². The highest BCUT2D eigenvalue weighted by Gasteiger charge is 2.45. The van der Waals surface area contributed by atoms with Gasteiger partial charge in [0.15, 0.2) is 0 Å². The molecule has 15 nitrogen and oxygen atoms in total. The van der Waals surface area contributed by atoms with Crippen LogP contribution in [-0.4, -0.2) is 102 Å². The first-order chi connectivity index (χ1) is 26.0. The standard InChI is InChI=1S/C38H38N6O9S/c1-22(45)42-30-7-4-24(44(50)51)18-33(30)54-34-21-25(5-8-31(34)42)53-27-19-26(20-27)52-16-2-11-40-12-14-41(15-13-40)23-3-6-28-29(17-23)38(49)43(37(28)48)32-9-10-35(46)39-36(32)47/h3-8,17-18,21,26-27,32H,2,9-16,19-20H2,1H3,(H,39,46,47)/t26-,27-,32?. The Morgan fingerprint density at radius 1 is 0.907 bits per heavy atom. The number of nitro groups is 1. The third-order valence-corrected chi connectivity index (χ3v) is 11.7. The second-order valence-corrected chi connectivity index (χ2v) is 15.1. The van der Waals surface area contributed by atoms with Gasteiger partial charge in [-0.3, -0.25) is 54.1 Å². The molecule has 1 N–H and O–H groups in total. The number of nitrogens with one attached hydrogen (secondary N) is 1. The van der Waals surface area contributed by atoms with Crippen LogP contribution in [0.15, 0.2) is 64.4 Å². The number of carbonyl (C=O) groups excluding carboxylic acids is 5. The number of ether oxygens (including phenoxy) is 2. The van der Waals surface area contributed by atoms with Crippen LogP contribution in [0.25, 0.3) is 0 Å². The molecule has 54 heavy (non-hydrogen) atoms. The van der Waals surface area contributed by atoms with Gasteiger partial charge in [0.05, 0.1) is 33.5 Å². The van der Waals surface area contributed by atoms with Crippen molar-refractivity contribution in [2.24, 2.45) is 0 Å². The molecule has 2 saturated heterocycles. The highest BCUT2D eigenvalue weighted by atomic mass is 32.2. The number of nitro benzene ring substituents is 1. The van der Waals surface area contributed by atoms with Crippen LogP contribution in [0.4, 0.5) is 22.7 Å². The van der Waals surface area contributed by atoms with Crippen molar-refractivity contribution in [2.45, 2.75) is 67.1 Å². The molecule has 5 amide bonds. The molecule has 0 spiro atoms. The van der Waals surface area contributed by atoms with Gasteiger partial charge in [0.25, 0.3) is 17.5 Å². The number of imide groups is 2. The van der Waals surface area contributed by atoms with Gasteiger partial charge in [0.1, 0.15) is 17.9 Å². The molecule has 0 bridgehead atoms. The predicted octanol–water partition coefficient (Wildman–Crippen LogP) is 4.28. The van der Waals surface area contributed by atoms with Crippen LogP contribution >= 0.6 is 11.8 Å². The van der Waals surface area contributed by atoms with Gasteiger partial charge < -0.3 is 14.4 Å². The van der Waals surface area contributed by atoms with Crippen LogP contribution < -0.4 is 19.9 Å². The molecule has 0 radical (unpaired) electrons. The summed E-state index contributed by atoms with van der Waals surface area (Å²) in [4.78, 5) is 82.3. The number of hydrogen-bond donors (Lipinski definition) is 1. The summed E-state index contributed by atoms with van der Waals surface area (Å²) in [6, 6.07) is 14.4. The molecule has 0 aromatic heterocycles. The predicted molar refractivity (Wildman–Crippen MR) is 196 cm³/mol. The smallest absolute Gasteiger partial charge is 0.270 e. The van der Waals surface area contributed by atoms with Crippen LogP contribution in [0.2, 0.25) is 0 Å². The third-order valence-electron chi connectivity index (χ3n) is 10.6. The minimum atomic E-state index is -0.983. The number of amides is 5. The summed E-state index contributed by atoms with van der Waals surface area (Å²) in [7, 11) is 0. The number of benzene rings is 3. The van der Waals surface area contributed by atoms with E-state index in [0.717, 1.165) is 73.2 Å². The molecule has 4 heterocycles. The van der Waals surface area contributed by atoms with Crippen molar-refractivity contribution in [1.82, 2.24) is 15.1 Å². The third kappa shape index (κ3) is 6.80. The van der Waals surface area contributed by atoms with E-state index in [0.29, 0.717) is 22.9 Å². The van der Waals surface area contributed by atoms with Gasteiger partial charge in [-0.25, -0.2) is 0 Å². The topological polar surface area (TPSA) is 172 Å². The maximum Gasteiger partial charge on any atom is 0.270 e. The molecular weight excluding hydrogens is 717 g/mol.